The molecule has 0 saturated carbocycles. The zero-order valence-electron chi connectivity index (χ0n) is 12.8. The molecule has 1 aromatic carbocycles. The summed E-state index contributed by atoms with van der Waals surface area (Å²) >= 11 is 0. The van der Waals surface area contributed by atoms with E-state index in [4.69, 9.17) is 10.0 Å². The lowest BCUT2D eigenvalue weighted by Crippen LogP contribution is -2.47. The van der Waals surface area contributed by atoms with Crippen LogP contribution in [-0.2, 0) is 6.54 Å². The van der Waals surface area contributed by atoms with E-state index in [1.165, 1.54) is 6.07 Å². The van der Waals surface area contributed by atoms with E-state index in [0.29, 0.717) is 18.0 Å². The summed E-state index contributed by atoms with van der Waals surface area (Å²) < 4.78 is 14.0. The Morgan fingerprint density at radius 3 is 2.29 bits per heavy atom. The van der Waals surface area contributed by atoms with Gasteiger partial charge in [0.05, 0.1) is 0 Å². The Hall–Kier alpha value is -0.945. The van der Waals surface area contributed by atoms with Gasteiger partial charge in [-0.1, -0.05) is 26.0 Å². The summed E-state index contributed by atoms with van der Waals surface area (Å²) in [6.45, 7) is 10.1. The molecule has 4 nitrogen and oxygen atoms in total. The summed E-state index contributed by atoms with van der Waals surface area (Å²) in [5.74, 6) is 0.302. The van der Waals surface area contributed by atoms with Gasteiger partial charge in [-0.05, 0) is 17.4 Å². The van der Waals surface area contributed by atoms with Crippen LogP contribution in [-0.4, -0.2) is 59.7 Å². The Morgan fingerprint density at radius 1 is 1.14 bits per heavy atom. The molecule has 1 fully saturated rings. The predicted octanol–water partition coefficient (Wildman–Crippen LogP) is 0.279. The molecule has 1 aliphatic rings. The molecule has 0 spiro atoms. The topological polar surface area (TPSA) is 46.9 Å². The Kier molecular flexibility index (Phi) is 5.76. The molecule has 0 aliphatic carbocycles. The van der Waals surface area contributed by atoms with Crippen LogP contribution < -0.4 is 5.46 Å². The molecule has 0 amide bonds. The number of nitrogens with zero attached hydrogens (tertiary/aromatic N) is 2. The van der Waals surface area contributed by atoms with Crippen molar-refractivity contribution in [3.05, 3.63) is 29.6 Å². The second-order valence-corrected chi connectivity index (χ2v) is 6.20. The number of hydrogen-bond donors (Lipinski definition) is 2. The first-order valence-electron chi connectivity index (χ1n) is 7.55. The summed E-state index contributed by atoms with van der Waals surface area (Å²) in [6, 6.07) is 4.41. The summed E-state index contributed by atoms with van der Waals surface area (Å²) in [5.41, 5.74) is 0.801. The monoisotopic (exact) mass is 294 g/mol. The quantitative estimate of drug-likeness (QED) is 0.766. The first-order valence-corrected chi connectivity index (χ1v) is 7.55. The molecule has 1 heterocycles. The molecule has 1 aliphatic heterocycles. The highest BCUT2D eigenvalue weighted by atomic mass is 19.1. The Balaban J connectivity index is 1.89. The summed E-state index contributed by atoms with van der Waals surface area (Å²) in [7, 11) is -1.62. The third kappa shape index (κ3) is 4.78. The standard InChI is InChI=1S/C15H24BFN2O2/c1-12(2)10-18-5-7-19(8-6-18)11-13-3-4-14(16(20)21)9-15(13)17/h3-4,9,12,20-21H,5-8,10-11H2,1-2H3. The highest BCUT2D eigenvalue weighted by Gasteiger charge is 2.19. The lowest BCUT2D eigenvalue weighted by atomic mass is 9.80. The number of benzene rings is 1. The average Bonchev–Trinajstić information content (AvgIpc) is 2.42. The molecule has 0 atom stereocenters. The van der Waals surface area contributed by atoms with Gasteiger partial charge in [-0.25, -0.2) is 4.39 Å². The third-order valence-electron chi connectivity index (χ3n) is 3.86. The minimum atomic E-state index is -1.62. The molecule has 21 heavy (non-hydrogen) atoms. The van der Waals surface area contributed by atoms with Gasteiger partial charge in [-0.2, -0.15) is 0 Å². The van der Waals surface area contributed by atoms with Crippen LogP contribution >= 0.6 is 0 Å². The van der Waals surface area contributed by atoms with Crippen molar-refractivity contribution >= 4 is 12.6 Å². The van der Waals surface area contributed by atoms with Crippen molar-refractivity contribution in [2.75, 3.05) is 32.7 Å². The third-order valence-corrected chi connectivity index (χ3v) is 3.86. The Labute approximate surface area is 126 Å². The Bertz CT molecular complexity index is 463. The molecule has 1 aromatic rings. The largest absolute Gasteiger partial charge is 0.488 e. The molecule has 2 N–H and O–H groups in total. The van der Waals surface area contributed by atoms with Crippen molar-refractivity contribution in [3.8, 4) is 0 Å². The fourth-order valence-corrected chi connectivity index (χ4v) is 2.74. The maximum absolute atomic E-state index is 14.0. The smallest absolute Gasteiger partial charge is 0.423 e. The number of halogens is 1. The van der Waals surface area contributed by atoms with Gasteiger partial charge in [-0.15, -0.1) is 0 Å². The van der Waals surface area contributed by atoms with Gasteiger partial charge in [0, 0.05) is 44.8 Å². The van der Waals surface area contributed by atoms with E-state index in [1.807, 2.05) is 0 Å². The SMILES string of the molecule is CC(C)CN1CCN(Cc2ccc(B(O)O)cc2F)CC1. The molecule has 0 bridgehead atoms. The molecule has 2 rings (SSSR count). The average molecular weight is 294 g/mol. The number of rotatable bonds is 5. The molecule has 1 saturated heterocycles. The Morgan fingerprint density at radius 2 is 1.76 bits per heavy atom. The van der Waals surface area contributed by atoms with Crippen LogP contribution in [0.25, 0.3) is 0 Å². The van der Waals surface area contributed by atoms with Crippen molar-refractivity contribution in [2.24, 2.45) is 5.92 Å². The van der Waals surface area contributed by atoms with Crippen molar-refractivity contribution in [2.45, 2.75) is 20.4 Å². The number of hydrogen-bond acceptors (Lipinski definition) is 4. The minimum absolute atomic E-state index is 0.193. The van der Waals surface area contributed by atoms with E-state index in [0.717, 1.165) is 32.7 Å². The van der Waals surface area contributed by atoms with E-state index in [-0.39, 0.29) is 11.3 Å². The van der Waals surface area contributed by atoms with Crippen LogP contribution in [0.15, 0.2) is 18.2 Å². The zero-order valence-corrected chi connectivity index (χ0v) is 12.8. The highest BCUT2D eigenvalue weighted by molar-refractivity contribution is 6.58. The summed E-state index contributed by atoms with van der Waals surface area (Å²) in [4.78, 5) is 4.69. The van der Waals surface area contributed by atoms with Gasteiger partial charge in [0.25, 0.3) is 0 Å². The fraction of sp³-hybridized carbons (Fsp3) is 0.600. The van der Waals surface area contributed by atoms with E-state index in [9.17, 15) is 4.39 Å². The van der Waals surface area contributed by atoms with E-state index < -0.39 is 7.12 Å². The molecule has 0 aromatic heterocycles. The highest BCUT2D eigenvalue weighted by Crippen LogP contribution is 2.12. The first-order chi connectivity index (χ1) is 9.95. The predicted molar refractivity (Wildman–Crippen MR) is 82.8 cm³/mol. The van der Waals surface area contributed by atoms with Crippen LogP contribution in [0.3, 0.4) is 0 Å². The van der Waals surface area contributed by atoms with Crippen molar-refractivity contribution < 1.29 is 14.4 Å². The van der Waals surface area contributed by atoms with E-state index in [2.05, 4.69) is 23.6 Å². The molecule has 6 heteroatoms. The second-order valence-electron chi connectivity index (χ2n) is 6.20. The molecule has 116 valence electrons. The maximum Gasteiger partial charge on any atom is 0.488 e. The van der Waals surface area contributed by atoms with Crippen LogP contribution in [0.2, 0.25) is 0 Å². The minimum Gasteiger partial charge on any atom is -0.423 e. The van der Waals surface area contributed by atoms with Gasteiger partial charge in [0.1, 0.15) is 5.82 Å². The number of piperazine rings is 1. The van der Waals surface area contributed by atoms with E-state index in [1.54, 1.807) is 12.1 Å². The molecule has 0 unspecified atom stereocenters. The van der Waals surface area contributed by atoms with Crippen LogP contribution in [0, 0.1) is 11.7 Å². The van der Waals surface area contributed by atoms with Gasteiger partial charge in [0.15, 0.2) is 0 Å². The summed E-state index contributed by atoms with van der Waals surface area (Å²) in [6.07, 6.45) is 0. The van der Waals surface area contributed by atoms with Crippen LogP contribution in [0.4, 0.5) is 4.39 Å². The van der Waals surface area contributed by atoms with Gasteiger partial charge in [-0.3, -0.25) is 4.90 Å². The first kappa shape index (κ1) is 16.4. The zero-order chi connectivity index (χ0) is 15.4. The van der Waals surface area contributed by atoms with Gasteiger partial charge < -0.3 is 14.9 Å². The normalized spacial score (nSPS) is 17.4. The van der Waals surface area contributed by atoms with Crippen molar-refractivity contribution in [1.29, 1.82) is 0 Å². The molecule has 0 radical (unpaired) electrons. The van der Waals surface area contributed by atoms with Crippen molar-refractivity contribution in [3.63, 3.8) is 0 Å². The second kappa shape index (κ2) is 7.36. The summed E-state index contributed by atoms with van der Waals surface area (Å²) in [5, 5.41) is 18.1. The van der Waals surface area contributed by atoms with Gasteiger partial charge >= 0.3 is 7.12 Å². The fourth-order valence-electron chi connectivity index (χ4n) is 2.74. The maximum atomic E-state index is 14.0. The molecular weight excluding hydrogens is 270 g/mol. The molecular formula is C15H24BFN2O2. The van der Waals surface area contributed by atoms with Crippen LogP contribution in [0.5, 0.6) is 0 Å². The lowest BCUT2D eigenvalue weighted by Gasteiger charge is -2.35. The van der Waals surface area contributed by atoms with Crippen LogP contribution in [0.1, 0.15) is 19.4 Å². The van der Waals surface area contributed by atoms with Crippen molar-refractivity contribution in [1.82, 2.24) is 9.80 Å². The van der Waals surface area contributed by atoms with Gasteiger partial charge in [0.2, 0.25) is 0 Å². The van der Waals surface area contributed by atoms with E-state index >= 15 is 0 Å². The lowest BCUT2D eigenvalue weighted by molar-refractivity contribution is 0.116.